The van der Waals surface area contributed by atoms with Crippen LogP contribution in [-0.2, 0) is 12.0 Å². The summed E-state index contributed by atoms with van der Waals surface area (Å²) in [5.41, 5.74) is 4.76. The quantitative estimate of drug-likeness (QED) is 0.683. The fraction of sp³-hybridized carbons (Fsp3) is 0.250. The van der Waals surface area contributed by atoms with Crippen molar-refractivity contribution in [1.82, 2.24) is 9.78 Å². The van der Waals surface area contributed by atoms with E-state index in [4.69, 9.17) is 5.10 Å². The third kappa shape index (κ3) is 3.11. The molecule has 0 saturated heterocycles. The first-order valence-electron chi connectivity index (χ1n) is 7.63. The summed E-state index contributed by atoms with van der Waals surface area (Å²) in [5, 5.41) is 4.86. The van der Waals surface area contributed by atoms with E-state index in [0.29, 0.717) is 0 Å². The van der Waals surface area contributed by atoms with Crippen molar-refractivity contribution in [3.8, 4) is 11.3 Å². The van der Waals surface area contributed by atoms with Crippen LogP contribution in [0.4, 0.5) is 0 Å². The van der Waals surface area contributed by atoms with Crippen LogP contribution in [0.2, 0.25) is 0 Å². The molecule has 2 heteroatoms. The van der Waals surface area contributed by atoms with Gasteiger partial charge in [0.25, 0.3) is 0 Å². The van der Waals surface area contributed by atoms with Crippen molar-refractivity contribution >= 4 is 0 Å². The summed E-state index contributed by atoms with van der Waals surface area (Å²) in [6.45, 7) is 7.37. The highest BCUT2D eigenvalue weighted by Crippen LogP contribution is 2.27. The molecule has 22 heavy (non-hydrogen) atoms. The van der Waals surface area contributed by atoms with Crippen molar-refractivity contribution in [2.45, 2.75) is 32.7 Å². The molecule has 1 aromatic heterocycles. The minimum atomic E-state index is 0.0409. The Morgan fingerprint density at radius 3 is 2.32 bits per heavy atom. The zero-order valence-electron chi connectivity index (χ0n) is 13.4. The Labute approximate surface area is 132 Å². The van der Waals surface area contributed by atoms with Crippen LogP contribution in [0.5, 0.6) is 0 Å². The zero-order chi connectivity index (χ0) is 15.6. The van der Waals surface area contributed by atoms with Crippen molar-refractivity contribution < 1.29 is 0 Å². The Hall–Kier alpha value is -2.35. The van der Waals surface area contributed by atoms with Crippen LogP contribution in [0, 0.1) is 6.07 Å². The maximum atomic E-state index is 4.86. The van der Waals surface area contributed by atoms with Gasteiger partial charge in [-0.15, -0.1) is 0 Å². The summed E-state index contributed by atoms with van der Waals surface area (Å²) in [7, 11) is 0. The number of hydrogen-bond acceptors (Lipinski definition) is 1. The van der Waals surface area contributed by atoms with Crippen LogP contribution in [0.1, 0.15) is 32.0 Å². The maximum Gasteiger partial charge on any atom is 0.0689 e. The monoisotopic (exact) mass is 289 g/mol. The van der Waals surface area contributed by atoms with Gasteiger partial charge in [0.15, 0.2) is 0 Å². The summed E-state index contributed by atoms with van der Waals surface area (Å²) in [4.78, 5) is 0. The van der Waals surface area contributed by atoms with Crippen molar-refractivity contribution in [3.05, 3.63) is 78.0 Å². The van der Waals surface area contributed by atoms with E-state index in [1.807, 2.05) is 18.2 Å². The Balaban J connectivity index is 2.05. The van der Waals surface area contributed by atoms with E-state index in [-0.39, 0.29) is 5.41 Å². The predicted molar refractivity (Wildman–Crippen MR) is 90.7 cm³/mol. The highest BCUT2D eigenvalue weighted by Gasteiger charge is 2.20. The molecule has 0 aliphatic heterocycles. The summed E-state index contributed by atoms with van der Waals surface area (Å²) >= 11 is 0. The smallest absolute Gasteiger partial charge is 0.0689 e. The molecule has 0 bridgehead atoms. The van der Waals surface area contributed by atoms with Gasteiger partial charge in [0.05, 0.1) is 17.9 Å². The molecule has 0 saturated carbocycles. The van der Waals surface area contributed by atoms with Gasteiger partial charge in [0, 0.05) is 5.41 Å². The lowest BCUT2D eigenvalue weighted by molar-refractivity contribution is 0.546. The molecule has 111 valence electrons. The average Bonchev–Trinajstić information content (AvgIpc) is 2.93. The fourth-order valence-corrected chi connectivity index (χ4v) is 2.44. The minimum absolute atomic E-state index is 0.0409. The lowest BCUT2D eigenvalue weighted by Crippen LogP contribution is -2.13. The van der Waals surface area contributed by atoms with Crippen molar-refractivity contribution in [1.29, 1.82) is 0 Å². The number of nitrogens with zero attached hydrogens (tertiary/aromatic N) is 2. The molecule has 0 spiro atoms. The first-order chi connectivity index (χ1) is 10.5. The number of aromatic nitrogens is 2. The molecular weight excluding hydrogens is 268 g/mol. The molecule has 3 rings (SSSR count). The first kappa shape index (κ1) is 14.6. The van der Waals surface area contributed by atoms with Crippen LogP contribution in [-0.4, -0.2) is 9.78 Å². The van der Waals surface area contributed by atoms with Crippen LogP contribution in [0.3, 0.4) is 0 Å². The first-order valence-corrected chi connectivity index (χ1v) is 7.63. The molecule has 0 N–H and O–H groups in total. The van der Waals surface area contributed by atoms with E-state index in [1.54, 1.807) is 0 Å². The van der Waals surface area contributed by atoms with Crippen molar-refractivity contribution in [2.75, 3.05) is 0 Å². The molecule has 0 atom stereocenters. The third-order valence-electron chi connectivity index (χ3n) is 3.74. The summed E-state index contributed by atoms with van der Waals surface area (Å²) < 4.78 is 2.10. The second-order valence-corrected chi connectivity index (χ2v) is 6.60. The van der Waals surface area contributed by atoms with Crippen LogP contribution in [0.15, 0.2) is 60.7 Å². The fourth-order valence-electron chi connectivity index (χ4n) is 2.44. The molecule has 0 unspecified atom stereocenters. The minimum Gasteiger partial charge on any atom is -0.260 e. The van der Waals surface area contributed by atoms with Gasteiger partial charge in [-0.05, 0) is 23.3 Å². The molecule has 0 fully saturated rings. The normalized spacial score (nSPS) is 11.6. The summed E-state index contributed by atoms with van der Waals surface area (Å²) in [5.74, 6) is 0. The lowest BCUT2D eigenvalue weighted by Gasteiger charge is -2.14. The molecule has 1 radical (unpaired) electrons. The van der Waals surface area contributed by atoms with E-state index in [9.17, 15) is 0 Å². The van der Waals surface area contributed by atoms with Gasteiger partial charge in [0.1, 0.15) is 0 Å². The van der Waals surface area contributed by atoms with Gasteiger partial charge >= 0.3 is 0 Å². The summed E-state index contributed by atoms with van der Waals surface area (Å²) in [6, 6.07) is 23.8. The predicted octanol–water partition coefficient (Wildman–Crippen LogP) is 4.70. The SMILES string of the molecule is CC(C)(C)c1cc(-c2ccccc2)n(Cc2cc[c]cc2)n1. The van der Waals surface area contributed by atoms with Crippen molar-refractivity contribution in [2.24, 2.45) is 0 Å². The second kappa shape index (κ2) is 5.80. The van der Waals surface area contributed by atoms with Crippen LogP contribution < -0.4 is 0 Å². The highest BCUT2D eigenvalue weighted by atomic mass is 15.3. The molecule has 3 aromatic rings. The van der Waals surface area contributed by atoms with Gasteiger partial charge in [-0.25, -0.2) is 0 Å². The molecule has 1 heterocycles. The van der Waals surface area contributed by atoms with Gasteiger partial charge in [-0.3, -0.25) is 4.68 Å². The molecule has 0 aliphatic rings. The molecule has 0 aliphatic carbocycles. The van der Waals surface area contributed by atoms with Gasteiger partial charge in [-0.1, -0.05) is 75.4 Å². The third-order valence-corrected chi connectivity index (χ3v) is 3.74. The van der Waals surface area contributed by atoms with Gasteiger partial charge in [0.2, 0.25) is 0 Å². The Morgan fingerprint density at radius 2 is 1.68 bits per heavy atom. The van der Waals surface area contributed by atoms with E-state index in [0.717, 1.165) is 12.2 Å². The molecule has 0 amide bonds. The number of hydrogen-bond donors (Lipinski definition) is 0. The maximum absolute atomic E-state index is 4.86. The Morgan fingerprint density at radius 1 is 1.00 bits per heavy atom. The second-order valence-electron chi connectivity index (χ2n) is 6.60. The Kier molecular flexibility index (Phi) is 3.84. The Bertz CT molecular complexity index is 734. The van der Waals surface area contributed by atoms with E-state index >= 15 is 0 Å². The average molecular weight is 289 g/mol. The topological polar surface area (TPSA) is 17.8 Å². The lowest BCUT2D eigenvalue weighted by atomic mass is 9.92. The van der Waals surface area contributed by atoms with Gasteiger partial charge < -0.3 is 0 Å². The number of benzene rings is 2. The zero-order valence-corrected chi connectivity index (χ0v) is 13.4. The van der Waals surface area contributed by atoms with E-state index < -0.39 is 0 Å². The van der Waals surface area contributed by atoms with E-state index in [1.165, 1.54) is 16.8 Å². The van der Waals surface area contributed by atoms with Crippen LogP contribution in [0.25, 0.3) is 11.3 Å². The van der Waals surface area contributed by atoms with Crippen LogP contribution >= 0.6 is 0 Å². The summed E-state index contributed by atoms with van der Waals surface area (Å²) in [6.07, 6.45) is 0. The van der Waals surface area contributed by atoms with Gasteiger partial charge in [-0.2, -0.15) is 5.10 Å². The highest BCUT2D eigenvalue weighted by molar-refractivity contribution is 5.60. The molecular formula is C20H21N2. The standard InChI is InChI=1S/C20H21N2/c1-20(2,3)19-14-18(17-12-8-5-9-13-17)22(21-19)15-16-10-6-4-7-11-16/h5-14H,15H2,1-3H3. The largest absolute Gasteiger partial charge is 0.260 e. The van der Waals surface area contributed by atoms with Crippen molar-refractivity contribution in [3.63, 3.8) is 0 Å². The van der Waals surface area contributed by atoms with E-state index in [2.05, 4.69) is 74.0 Å². The molecule has 2 nitrogen and oxygen atoms in total. The molecule has 2 aromatic carbocycles. The number of rotatable bonds is 3.